The summed E-state index contributed by atoms with van der Waals surface area (Å²) < 4.78 is 6.24. The number of rotatable bonds is 4. The Bertz CT molecular complexity index is 1920. The summed E-state index contributed by atoms with van der Waals surface area (Å²) >= 11 is 0. The Balaban J connectivity index is 1.26. The molecule has 0 atom stereocenters. The highest BCUT2D eigenvalue weighted by Crippen LogP contribution is 2.49. The fraction of sp³-hybridized carbons (Fsp3) is 0.0811. The molecule has 0 unspecified atom stereocenters. The maximum atomic E-state index is 9.61. The Kier molecular flexibility index (Phi) is 6.10. The highest BCUT2D eigenvalue weighted by molar-refractivity contribution is 5.73. The first-order chi connectivity index (χ1) is 20.5. The summed E-state index contributed by atoms with van der Waals surface area (Å²) in [4.78, 5) is 14.7. The van der Waals surface area contributed by atoms with Gasteiger partial charge in [-0.1, -0.05) is 86.6 Å². The van der Waals surface area contributed by atoms with Crippen LogP contribution in [0.25, 0.3) is 45.2 Å². The van der Waals surface area contributed by atoms with Crippen LogP contribution in [0, 0.1) is 11.3 Å². The Morgan fingerprint density at radius 2 is 1.31 bits per heavy atom. The van der Waals surface area contributed by atoms with Gasteiger partial charge in [0.25, 0.3) is 0 Å². The van der Waals surface area contributed by atoms with Crippen molar-refractivity contribution in [3.8, 4) is 62.7 Å². The lowest BCUT2D eigenvalue weighted by Gasteiger charge is -2.35. The van der Waals surface area contributed by atoms with Gasteiger partial charge in [0, 0.05) is 45.0 Å². The van der Waals surface area contributed by atoms with E-state index in [2.05, 4.69) is 44.2 Å². The van der Waals surface area contributed by atoms with Gasteiger partial charge in [0.15, 0.2) is 5.82 Å². The van der Waals surface area contributed by atoms with E-state index in [1.165, 1.54) is 0 Å². The fourth-order valence-electron chi connectivity index (χ4n) is 5.53. The first-order valence-corrected chi connectivity index (χ1v) is 13.8. The third-order valence-corrected chi connectivity index (χ3v) is 7.86. The summed E-state index contributed by atoms with van der Waals surface area (Å²) in [6.45, 7) is 4.33. The van der Waals surface area contributed by atoms with Crippen molar-refractivity contribution in [3.63, 3.8) is 0 Å². The second-order valence-electron chi connectivity index (χ2n) is 10.9. The van der Waals surface area contributed by atoms with Gasteiger partial charge in [-0.15, -0.1) is 0 Å². The van der Waals surface area contributed by atoms with Crippen LogP contribution in [0.4, 0.5) is 0 Å². The average molecular weight is 543 g/mol. The third-order valence-electron chi connectivity index (χ3n) is 7.86. The maximum absolute atomic E-state index is 9.61. The van der Waals surface area contributed by atoms with Crippen molar-refractivity contribution in [2.24, 2.45) is 0 Å². The molecule has 0 saturated heterocycles. The third kappa shape index (κ3) is 4.40. The molecule has 0 bridgehead atoms. The van der Waals surface area contributed by atoms with E-state index >= 15 is 0 Å². The van der Waals surface area contributed by atoms with Crippen molar-refractivity contribution < 1.29 is 4.74 Å². The SMILES string of the molecule is CC1(C)c2cc(-c3ccc(-c4cc(-c5ccccc5)nc(-c5ccccc5)n4)cn3)ccc2Oc2c(C#N)cccc21. The fourth-order valence-corrected chi connectivity index (χ4v) is 5.53. The van der Waals surface area contributed by atoms with Crippen LogP contribution in [0.2, 0.25) is 0 Å². The smallest absolute Gasteiger partial charge is 0.160 e. The Morgan fingerprint density at radius 1 is 0.619 bits per heavy atom. The summed E-state index contributed by atoms with van der Waals surface area (Å²) in [5.41, 5.74) is 8.70. The lowest BCUT2D eigenvalue weighted by Crippen LogP contribution is -2.24. The van der Waals surface area contributed by atoms with Crippen LogP contribution in [-0.4, -0.2) is 15.0 Å². The molecule has 0 N–H and O–H groups in total. The molecule has 0 spiro atoms. The van der Waals surface area contributed by atoms with E-state index in [0.29, 0.717) is 17.1 Å². The number of hydrogen-bond acceptors (Lipinski definition) is 5. The molecule has 4 aromatic carbocycles. The van der Waals surface area contributed by atoms with Crippen LogP contribution in [0.3, 0.4) is 0 Å². The highest BCUT2D eigenvalue weighted by atomic mass is 16.5. The predicted octanol–water partition coefficient (Wildman–Crippen LogP) is 8.84. The van der Waals surface area contributed by atoms with Gasteiger partial charge in [-0.05, 0) is 42.5 Å². The topological polar surface area (TPSA) is 71.7 Å². The molecule has 200 valence electrons. The molecule has 5 nitrogen and oxygen atoms in total. The molecule has 1 aliphatic rings. The molecule has 2 aromatic heterocycles. The lowest BCUT2D eigenvalue weighted by molar-refractivity contribution is 0.417. The summed E-state index contributed by atoms with van der Waals surface area (Å²) in [5, 5.41) is 9.61. The van der Waals surface area contributed by atoms with Gasteiger partial charge in [-0.25, -0.2) is 9.97 Å². The maximum Gasteiger partial charge on any atom is 0.160 e. The van der Waals surface area contributed by atoms with Gasteiger partial charge in [0.2, 0.25) is 0 Å². The van der Waals surface area contributed by atoms with Crippen LogP contribution in [0.15, 0.2) is 121 Å². The number of pyridine rings is 1. The van der Waals surface area contributed by atoms with Gasteiger partial charge in [-0.2, -0.15) is 5.26 Å². The van der Waals surface area contributed by atoms with Gasteiger partial charge in [-0.3, -0.25) is 4.98 Å². The second kappa shape index (κ2) is 10.1. The predicted molar refractivity (Wildman–Crippen MR) is 165 cm³/mol. The van der Waals surface area contributed by atoms with Gasteiger partial charge in [0.1, 0.15) is 17.6 Å². The summed E-state index contributed by atoms with van der Waals surface area (Å²) in [5.74, 6) is 2.08. The summed E-state index contributed by atoms with van der Waals surface area (Å²) in [6.07, 6.45) is 1.87. The first-order valence-electron chi connectivity index (χ1n) is 13.8. The van der Waals surface area contributed by atoms with E-state index in [4.69, 9.17) is 19.7 Å². The number of benzene rings is 4. The Labute approximate surface area is 244 Å². The zero-order valence-corrected chi connectivity index (χ0v) is 23.2. The lowest BCUT2D eigenvalue weighted by atomic mass is 9.74. The summed E-state index contributed by atoms with van der Waals surface area (Å²) in [6, 6.07) is 40.4. The monoisotopic (exact) mass is 542 g/mol. The molecular formula is C37H26N4O. The molecule has 42 heavy (non-hydrogen) atoms. The zero-order chi connectivity index (χ0) is 28.7. The molecule has 7 rings (SSSR count). The van der Waals surface area contributed by atoms with Crippen molar-refractivity contribution in [3.05, 3.63) is 138 Å². The number of fused-ring (bicyclic) bond motifs is 2. The molecule has 0 radical (unpaired) electrons. The standard InChI is InChI=1S/C37H26N4O/c1-37(2)29-15-9-14-27(22-38)35(29)42-34-19-17-26(20-30(34)37)31-18-16-28(23-39-31)33-21-32(24-10-5-3-6-11-24)40-36(41-33)25-12-7-4-8-13-25/h3-21,23H,1-2H3. The Hall–Kier alpha value is -5.60. The van der Waals surface area contributed by atoms with Gasteiger partial charge in [0.05, 0.1) is 22.6 Å². The van der Waals surface area contributed by atoms with Crippen LogP contribution in [0.1, 0.15) is 30.5 Å². The molecule has 0 saturated carbocycles. The molecule has 0 amide bonds. The highest BCUT2D eigenvalue weighted by Gasteiger charge is 2.35. The minimum Gasteiger partial charge on any atom is -0.455 e. The summed E-state index contributed by atoms with van der Waals surface area (Å²) in [7, 11) is 0. The Morgan fingerprint density at radius 3 is 2.00 bits per heavy atom. The molecule has 3 heterocycles. The van der Waals surface area contributed by atoms with Crippen molar-refractivity contribution in [1.82, 2.24) is 15.0 Å². The normalized spacial score (nSPS) is 12.9. The molecule has 0 fully saturated rings. The average Bonchev–Trinajstić information content (AvgIpc) is 3.05. The van der Waals surface area contributed by atoms with Crippen LogP contribution in [0.5, 0.6) is 11.5 Å². The molecule has 6 aromatic rings. The van der Waals surface area contributed by atoms with Gasteiger partial charge < -0.3 is 4.74 Å². The van der Waals surface area contributed by atoms with E-state index in [0.717, 1.165) is 56.2 Å². The van der Waals surface area contributed by atoms with Crippen LogP contribution >= 0.6 is 0 Å². The number of hydrogen-bond donors (Lipinski definition) is 0. The quantitative estimate of drug-likeness (QED) is 0.222. The molecule has 1 aliphatic heterocycles. The van der Waals surface area contributed by atoms with Crippen molar-refractivity contribution in [2.45, 2.75) is 19.3 Å². The van der Waals surface area contributed by atoms with Gasteiger partial charge >= 0.3 is 0 Å². The second-order valence-corrected chi connectivity index (χ2v) is 10.9. The zero-order valence-electron chi connectivity index (χ0n) is 23.2. The molecule has 5 heteroatoms. The molecule has 0 aliphatic carbocycles. The first kappa shape index (κ1) is 25.4. The van der Waals surface area contributed by atoms with E-state index in [-0.39, 0.29) is 5.41 Å². The number of aromatic nitrogens is 3. The minimum absolute atomic E-state index is 0.339. The number of para-hydroxylation sites is 1. The van der Waals surface area contributed by atoms with Crippen molar-refractivity contribution >= 4 is 0 Å². The number of ether oxygens (including phenoxy) is 1. The van der Waals surface area contributed by atoms with Crippen LogP contribution < -0.4 is 4.74 Å². The minimum atomic E-state index is -0.339. The van der Waals surface area contributed by atoms with E-state index in [1.807, 2.05) is 91.1 Å². The van der Waals surface area contributed by atoms with E-state index in [9.17, 15) is 5.26 Å². The van der Waals surface area contributed by atoms with Crippen LogP contribution in [-0.2, 0) is 5.41 Å². The molecular weight excluding hydrogens is 516 g/mol. The van der Waals surface area contributed by atoms with E-state index < -0.39 is 0 Å². The van der Waals surface area contributed by atoms with E-state index in [1.54, 1.807) is 6.07 Å². The number of nitrogens with zero attached hydrogens (tertiary/aromatic N) is 4. The largest absolute Gasteiger partial charge is 0.455 e. The van der Waals surface area contributed by atoms with Crippen molar-refractivity contribution in [1.29, 1.82) is 5.26 Å². The van der Waals surface area contributed by atoms with Crippen molar-refractivity contribution in [2.75, 3.05) is 0 Å². The number of nitriles is 1.